The van der Waals surface area contributed by atoms with E-state index >= 15 is 0 Å². The molecule has 238 valence electrons. The van der Waals surface area contributed by atoms with E-state index in [2.05, 4.69) is 83.4 Å². The van der Waals surface area contributed by atoms with Crippen molar-refractivity contribution in [3.05, 3.63) is 158 Å². The van der Waals surface area contributed by atoms with Gasteiger partial charge in [-0.05, 0) is 66.7 Å². The van der Waals surface area contributed by atoms with Crippen LogP contribution in [0.1, 0.15) is 6.85 Å². The minimum absolute atomic E-state index is 0.00904. The molecule has 0 atom stereocenters. The molecule has 0 amide bonds. The SMILES string of the molecule is [2H]c1c([2H])c([2H])c(-c2nc(-c3ccc4oc5cc(-n6c7ccccc7c7ccccc76)ccc5c4c3)nc(-c3ccc4sc5ccccc5c4c3)n2)c([2H])c1[2H]. The molecule has 11 rings (SSSR count). The predicted octanol–water partition coefficient (Wildman–Crippen LogP) is 12.2. The van der Waals surface area contributed by atoms with Gasteiger partial charge in [0, 0.05) is 70.2 Å². The van der Waals surface area contributed by atoms with Gasteiger partial charge in [-0.2, -0.15) is 0 Å². The predicted molar refractivity (Wildman–Crippen MR) is 211 cm³/mol. The van der Waals surface area contributed by atoms with Crippen LogP contribution in [0.4, 0.5) is 0 Å². The van der Waals surface area contributed by atoms with Crippen molar-refractivity contribution in [3.8, 4) is 39.9 Å². The maximum atomic E-state index is 8.75. The average Bonchev–Trinajstić information content (AvgIpc) is 3.90. The van der Waals surface area contributed by atoms with Crippen LogP contribution in [0, 0.1) is 0 Å². The molecule has 7 aromatic carbocycles. The molecule has 11 aromatic rings. The Morgan fingerprint density at radius 3 is 1.82 bits per heavy atom. The Balaban J connectivity index is 1.10. The molecule has 0 aliphatic rings. The quantitative estimate of drug-likeness (QED) is 0.186. The summed E-state index contributed by atoms with van der Waals surface area (Å²) in [4.78, 5) is 14.5. The van der Waals surface area contributed by atoms with Crippen LogP contribution in [0.25, 0.3) is 104 Å². The fourth-order valence-electron chi connectivity index (χ4n) is 7.22. The topological polar surface area (TPSA) is 56.7 Å². The van der Waals surface area contributed by atoms with Crippen LogP contribution in [0.15, 0.2) is 162 Å². The van der Waals surface area contributed by atoms with Crippen molar-refractivity contribution >= 4 is 75.3 Å². The fraction of sp³-hybridized carbons (Fsp3) is 0. The summed E-state index contributed by atoms with van der Waals surface area (Å²) in [5.74, 6) is 0.609. The van der Waals surface area contributed by atoms with Gasteiger partial charge in [0.2, 0.25) is 0 Å². The zero-order valence-corrected chi connectivity index (χ0v) is 27.5. The number of hydrogen-bond donors (Lipinski definition) is 0. The van der Waals surface area contributed by atoms with Crippen molar-refractivity contribution in [3.63, 3.8) is 0 Å². The Morgan fingerprint density at radius 2 is 1.08 bits per heavy atom. The van der Waals surface area contributed by atoms with Crippen molar-refractivity contribution in [2.75, 3.05) is 0 Å². The number of furan rings is 1. The van der Waals surface area contributed by atoms with Gasteiger partial charge in [-0.25, -0.2) is 15.0 Å². The highest BCUT2D eigenvalue weighted by molar-refractivity contribution is 7.25. The van der Waals surface area contributed by atoms with Gasteiger partial charge in [0.1, 0.15) is 11.2 Å². The molecule has 0 N–H and O–H groups in total. The molecule has 0 saturated heterocycles. The third kappa shape index (κ3) is 4.43. The van der Waals surface area contributed by atoms with E-state index in [1.165, 1.54) is 15.5 Å². The zero-order valence-electron chi connectivity index (χ0n) is 31.7. The van der Waals surface area contributed by atoms with Gasteiger partial charge in [0.05, 0.1) is 17.9 Å². The van der Waals surface area contributed by atoms with Gasteiger partial charge >= 0.3 is 0 Å². The monoisotopic (exact) mass is 675 g/mol. The summed E-state index contributed by atoms with van der Waals surface area (Å²) >= 11 is 1.71. The van der Waals surface area contributed by atoms with Crippen LogP contribution in [-0.2, 0) is 0 Å². The molecule has 4 aromatic heterocycles. The van der Waals surface area contributed by atoms with E-state index in [9.17, 15) is 0 Å². The number of thiophene rings is 1. The lowest BCUT2D eigenvalue weighted by atomic mass is 10.1. The van der Waals surface area contributed by atoms with Crippen LogP contribution in [-0.4, -0.2) is 19.5 Å². The molecule has 0 unspecified atom stereocenters. The summed E-state index contributed by atoms with van der Waals surface area (Å²) in [6, 6.07) is 40.9. The molecule has 0 radical (unpaired) electrons. The first-order valence-corrected chi connectivity index (χ1v) is 17.3. The third-order valence-corrected chi connectivity index (χ3v) is 10.7. The highest BCUT2D eigenvalue weighted by Gasteiger charge is 2.17. The van der Waals surface area contributed by atoms with Crippen LogP contribution in [0.2, 0.25) is 0 Å². The summed E-state index contributed by atoms with van der Waals surface area (Å²) in [6.07, 6.45) is 0. The molecule has 0 aliphatic carbocycles. The lowest BCUT2D eigenvalue weighted by Crippen LogP contribution is -2.00. The van der Waals surface area contributed by atoms with E-state index in [1.54, 1.807) is 11.3 Å². The van der Waals surface area contributed by atoms with Gasteiger partial charge in [0.25, 0.3) is 0 Å². The summed E-state index contributed by atoms with van der Waals surface area (Å²) < 4.78 is 53.4. The second-order valence-corrected chi connectivity index (χ2v) is 13.6. The van der Waals surface area contributed by atoms with Crippen molar-refractivity contribution in [2.24, 2.45) is 0 Å². The normalized spacial score (nSPS) is 13.3. The Bertz CT molecular complexity index is 3380. The molecular formula is C45H26N4OS. The van der Waals surface area contributed by atoms with E-state index in [-0.39, 0.29) is 23.5 Å². The second-order valence-electron chi connectivity index (χ2n) is 12.5. The largest absolute Gasteiger partial charge is 0.456 e. The molecule has 0 fully saturated rings. The summed E-state index contributed by atoms with van der Waals surface area (Å²) in [5, 5.41) is 6.32. The number of fused-ring (bicyclic) bond motifs is 9. The molecule has 0 aliphatic heterocycles. The number of benzene rings is 7. The van der Waals surface area contributed by atoms with E-state index in [0.717, 1.165) is 48.5 Å². The molecule has 4 heterocycles. The first-order chi connectivity index (χ1) is 27.3. The van der Waals surface area contributed by atoms with Crippen molar-refractivity contribution < 1.29 is 11.3 Å². The molecular weight excluding hydrogens is 645 g/mol. The summed E-state index contributed by atoms with van der Waals surface area (Å²) in [7, 11) is 0. The van der Waals surface area contributed by atoms with Gasteiger partial charge in [-0.1, -0.05) is 84.8 Å². The van der Waals surface area contributed by atoms with Gasteiger partial charge in [0.15, 0.2) is 17.5 Å². The maximum Gasteiger partial charge on any atom is 0.164 e. The minimum atomic E-state index is -0.480. The lowest BCUT2D eigenvalue weighted by Gasteiger charge is -2.09. The van der Waals surface area contributed by atoms with Crippen LogP contribution < -0.4 is 0 Å². The van der Waals surface area contributed by atoms with Gasteiger partial charge < -0.3 is 8.98 Å². The average molecular weight is 676 g/mol. The van der Waals surface area contributed by atoms with Crippen LogP contribution in [0.3, 0.4) is 0 Å². The smallest absolute Gasteiger partial charge is 0.164 e. The van der Waals surface area contributed by atoms with Crippen molar-refractivity contribution in [1.82, 2.24) is 19.5 Å². The van der Waals surface area contributed by atoms with Crippen LogP contribution in [0.5, 0.6) is 0 Å². The molecule has 5 nitrogen and oxygen atoms in total. The Hall–Kier alpha value is -6.63. The first kappa shape index (κ1) is 23.7. The van der Waals surface area contributed by atoms with Crippen molar-refractivity contribution in [2.45, 2.75) is 0 Å². The zero-order chi connectivity index (χ0) is 37.8. The molecule has 0 bridgehead atoms. The van der Waals surface area contributed by atoms with Gasteiger partial charge in [-0.3, -0.25) is 0 Å². The molecule has 6 heteroatoms. The van der Waals surface area contributed by atoms with Crippen LogP contribution >= 0.6 is 11.3 Å². The number of para-hydroxylation sites is 2. The van der Waals surface area contributed by atoms with E-state index in [4.69, 9.17) is 26.2 Å². The summed E-state index contributed by atoms with van der Waals surface area (Å²) in [6.45, 7) is 0. The van der Waals surface area contributed by atoms with Gasteiger partial charge in [-0.15, -0.1) is 11.3 Å². The number of hydrogen-bond acceptors (Lipinski definition) is 5. The highest BCUT2D eigenvalue weighted by atomic mass is 32.1. The third-order valence-electron chi connectivity index (χ3n) is 9.55. The second kappa shape index (κ2) is 10.9. The number of rotatable bonds is 4. The summed E-state index contributed by atoms with van der Waals surface area (Å²) in [5.41, 5.74) is 5.90. The first-order valence-electron chi connectivity index (χ1n) is 19.0. The van der Waals surface area contributed by atoms with E-state index < -0.39 is 18.1 Å². The maximum absolute atomic E-state index is 8.75. The standard InChI is InChI=1S/C45H26N4OS/c1-2-10-27(11-3-1)43-46-44(48-45(47-43)29-19-23-42-36(25-29)34-14-6-9-17-41(34)51-42)28-18-22-39-35(24-28)33-21-20-30(26-40(33)50-39)49-37-15-7-4-12-31(37)32-13-5-8-16-38(32)49/h1-26H/i1D,2D,3D,10D,11D. The van der Waals surface area contributed by atoms with Crippen molar-refractivity contribution in [1.29, 1.82) is 0 Å². The molecule has 0 spiro atoms. The van der Waals surface area contributed by atoms with E-state index in [0.29, 0.717) is 28.4 Å². The highest BCUT2D eigenvalue weighted by Crippen LogP contribution is 2.38. The number of nitrogens with zero attached hydrogens (tertiary/aromatic N) is 4. The molecule has 51 heavy (non-hydrogen) atoms. The minimum Gasteiger partial charge on any atom is -0.456 e. The molecule has 0 saturated carbocycles. The Labute approximate surface area is 302 Å². The lowest BCUT2D eigenvalue weighted by molar-refractivity contribution is 0.668. The Morgan fingerprint density at radius 1 is 0.471 bits per heavy atom. The Kier molecular flexibility index (Phi) is 5.08. The fourth-order valence-corrected chi connectivity index (χ4v) is 8.30. The van der Waals surface area contributed by atoms with E-state index in [1.807, 2.05) is 48.5 Å². The number of aromatic nitrogens is 4.